The molecule has 2 aromatic carbocycles. The van der Waals surface area contributed by atoms with Crippen LogP contribution < -0.4 is 20.9 Å². The van der Waals surface area contributed by atoms with Crippen molar-refractivity contribution in [1.82, 2.24) is 20.5 Å². The minimum Gasteiger partial charge on any atom is -0.481 e. The maximum atomic E-state index is 13.8. The predicted molar refractivity (Wildman–Crippen MR) is 185 cm³/mol. The standard InChI is InChI=1S/C37H45N5O6/c1-22-29(16-17-33(39-22)47-5)25-10-6-23(7-11-25)18-27(34(44)40-28-14-15-30-31(20-28)41-42-35(30)45)19-32(43)26-12-8-24(9-13-26)21-38-36(46)48-37(2,3)4/h6-7,10-11,14-17,20,24,26-27H,8-9,12-13,18-19,21H2,1-5H3,(H,38,46)(H,40,44)(H2,41,42,45)/t24?,26?,27-/m1/s1. The van der Waals surface area contributed by atoms with E-state index in [1.165, 1.54) is 0 Å². The Labute approximate surface area is 280 Å². The molecule has 11 nitrogen and oxygen atoms in total. The third kappa shape index (κ3) is 8.90. The molecule has 0 radical (unpaired) electrons. The van der Waals surface area contributed by atoms with Crippen molar-refractivity contribution in [3.8, 4) is 17.0 Å². The van der Waals surface area contributed by atoms with Gasteiger partial charge < -0.3 is 20.1 Å². The summed E-state index contributed by atoms with van der Waals surface area (Å²) in [5, 5.41) is 11.7. The average Bonchev–Trinajstić information content (AvgIpc) is 3.42. The van der Waals surface area contributed by atoms with Gasteiger partial charge in [-0.05, 0) is 101 Å². The van der Waals surface area contributed by atoms with Gasteiger partial charge in [-0.25, -0.2) is 9.78 Å². The molecule has 1 aliphatic rings. The van der Waals surface area contributed by atoms with Gasteiger partial charge in [-0.2, -0.15) is 0 Å². The number of methoxy groups -OCH3 is 1. The monoisotopic (exact) mass is 655 g/mol. The molecule has 0 bridgehead atoms. The van der Waals surface area contributed by atoms with E-state index >= 15 is 0 Å². The molecule has 1 aliphatic carbocycles. The van der Waals surface area contributed by atoms with Crippen LogP contribution in [0.5, 0.6) is 5.88 Å². The number of rotatable bonds is 11. The number of H-pyrrole nitrogens is 2. The number of Topliss-reactive ketones (excluding diaryl/α,β-unsaturated/α-hetero) is 1. The second kappa shape index (κ2) is 14.9. The molecule has 1 fully saturated rings. The second-order valence-corrected chi connectivity index (χ2v) is 13.7. The minimum absolute atomic E-state index is 0.0793. The third-order valence-corrected chi connectivity index (χ3v) is 8.91. The Kier molecular flexibility index (Phi) is 10.7. The number of alkyl carbamates (subject to hydrolysis) is 1. The molecule has 11 heteroatoms. The summed E-state index contributed by atoms with van der Waals surface area (Å²) in [5.74, 6) is -0.0730. The van der Waals surface area contributed by atoms with Crippen LogP contribution in [-0.2, 0) is 20.7 Å². The molecule has 0 spiro atoms. The number of anilines is 1. The molecule has 2 amide bonds. The summed E-state index contributed by atoms with van der Waals surface area (Å²) < 4.78 is 10.6. The van der Waals surface area contributed by atoms with Crippen LogP contribution in [0.3, 0.4) is 0 Å². The normalized spacial score (nSPS) is 17.0. The number of aromatic nitrogens is 3. The SMILES string of the molecule is COc1ccc(-c2ccc(C[C@H](CC(=O)C3CCC(CNC(=O)OC(C)(C)C)CC3)C(=O)Nc3ccc4c(=O)[nH][nH]c4c3)cc2)c(C)n1. The van der Waals surface area contributed by atoms with E-state index in [0.29, 0.717) is 35.4 Å². The molecule has 2 heterocycles. The molecule has 254 valence electrons. The fraction of sp³-hybridized carbons (Fsp3) is 0.432. The van der Waals surface area contributed by atoms with Gasteiger partial charge in [-0.1, -0.05) is 24.3 Å². The smallest absolute Gasteiger partial charge is 0.407 e. The van der Waals surface area contributed by atoms with Crippen LogP contribution in [0.4, 0.5) is 10.5 Å². The Morgan fingerprint density at radius 2 is 1.71 bits per heavy atom. The van der Waals surface area contributed by atoms with Crippen LogP contribution in [-0.4, -0.2) is 52.2 Å². The lowest BCUT2D eigenvalue weighted by atomic mass is 9.77. The molecule has 4 N–H and O–H groups in total. The summed E-state index contributed by atoms with van der Waals surface area (Å²) >= 11 is 0. The van der Waals surface area contributed by atoms with Gasteiger partial charge in [0.15, 0.2) is 0 Å². The van der Waals surface area contributed by atoms with Crippen LogP contribution in [0, 0.1) is 24.7 Å². The van der Waals surface area contributed by atoms with Gasteiger partial charge in [-0.15, -0.1) is 0 Å². The van der Waals surface area contributed by atoms with Crippen molar-refractivity contribution in [2.75, 3.05) is 19.0 Å². The number of pyridine rings is 1. The second-order valence-electron chi connectivity index (χ2n) is 13.7. The van der Waals surface area contributed by atoms with E-state index in [1.807, 2.05) is 64.1 Å². The summed E-state index contributed by atoms with van der Waals surface area (Å²) in [6, 6.07) is 16.8. The van der Waals surface area contributed by atoms with E-state index in [-0.39, 0.29) is 35.5 Å². The van der Waals surface area contributed by atoms with Gasteiger partial charge in [0.1, 0.15) is 11.4 Å². The highest BCUT2D eigenvalue weighted by Crippen LogP contribution is 2.32. The first-order valence-electron chi connectivity index (χ1n) is 16.5. The highest BCUT2D eigenvalue weighted by molar-refractivity contribution is 5.97. The Balaban J connectivity index is 1.26. The van der Waals surface area contributed by atoms with Crippen molar-refractivity contribution in [3.63, 3.8) is 0 Å². The molecular formula is C37H45N5O6. The highest BCUT2D eigenvalue weighted by Gasteiger charge is 2.31. The van der Waals surface area contributed by atoms with Crippen molar-refractivity contribution >= 4 is 34.4 Å². The molecule has 1 saturated carbocycles. The van der Waals surface area contributed by atoms with Crippen LogP contribution in [0.15, 0.2) is 59.4 Å². The zero-order valence-corrected chi connectivity index (χ0v) is 28.3. The van der Waals surface area contributed by atoms with Crippen molar-refractivity contribution in [2.24, 2.45) is 17.8 Å². The number of aromatic amines is 2. The van der Waals surface area contributed by atoms with E-state index in [9.17, 15) is 19.2 Å². The molecule has 48 heavy (non-hydrogen) atoms. The zero-order chi connectivity index (χ0) is 34.4. The van der Waals surface area contributed by atoms with Gasteiger partial charge >= 0.3 is 6.09 Å². The van der Waals surface area contributed by atoms with E-state index in [1.54, 1.807) is 25.3 Å². The number of amides is 2. The van der Waals surface area contributed by atoms with E-state index in [0.717, 1.165) is 48.1 Å². The van der Waals surface area contributed by atoms with Gasteiger partial charge in [0.05, 0.1) is 18.0 Å². The lowest BCUT2D eigenvalue weighted by Crippen LogP contribution is -2.37. The van der Waals surface area contributed by atoms with Crippen molar-refractivity contribution in [2.45, 2.75) is 71.8 Å². The van der Waals surface area contributed by atoms with Crippen molar-refractivity contribution in [3.05, 3.63) is 76.2 Å². The van der Waals surface area contributed by atoms with Crippen LogP contribution in [0.1, 0.15) is 64.1 Å². The summed E-state index contributed by atoms with van der Waals surface area (Å²) in [6.45, 7) is 7.93. The number of carbonyl (C=O) groups excluding carboxylic acids is 3. The number of ether oxygens (including phenoxy) is 2. The van der Waals surface area contributed by atoms with E-state index in [4.69, 9.17) is 9.47 Å². The third-order valence-electron chi connectivity index (χ3n) is 8.91. The fourth-order valence-corrected chi connectivity index (χ4v) is 6.32. The molecule has 4 aromatic rings. The summed E-state index contributed by atoms with van der Waals surface area (Å²) in [4.78, 5) is 55.9. The minimum atomic E-state index is -0.597. The molecule has 1 atom stereocenters. The Morgan fingerprint density at radius 1 is 0.979 bits per heavy atom. The maximum Gasteiger partial charge on any atom is 0.407 e. The fourth-order valence-electron chi connectivity index (χ4n) is 6.32. The van der Waals surface area contributed by atoms with E-state index in [2.05, 4.69) is 25.8 Å². The number of hydrogen-bond donors (Lipinski definition) is 4. The lowest BCUT2D eigenvalue weighted by Gasteiger charge is -2.29. The summed E-state index contributed by atoms with van der Waals surface area (Å²) in [5.41, 5.74) is 4.11. The Bertz CT molecular complexity index is 1810. The first-order chi connectivity index (χ1) is 22.9. The molecule has 5 rings (SSSR count). The molecule has 2 aromatic heterocycles. The Hall–Kier alpha value is -4.93. The van der Waals surface area contributed by atoms with Gasteiger partial charge in [0, 0.05) is 47.8 Å². The number of fused-ring (bicyclic) bond motifs is 1. The molecule has 0 unspecified atom stereocenters. The first-order valence-corrected chi connectivity index (χ1v) is 16.5. The lowest BCUT2D eigenvalue weighted by molar-refractivity contribution is -0.129. The maximum absolute atomic E-state index is 13.8. The number of nitrogens with zero attached hydrogens (tertiary/aromatic N) is 1. The van der Waals surface area contributed by atoms with Crippen LogP contribution in [0.2, 0.25) is 0 Å². The summed E-state index contributed by atoms with van der Waals surface area (Å²) in [7, 11) is 1.59. The highest BCUT2D eigenvalue weighted by atomic mass is 16.6. The number of aryl methyl sites for hydroxylation is 1. The first kappa shape index (κ1) is 34.4. The Morgan fingerprint density at radius 3 is 2.38 bits per heavy atom. The van der Waals surface area contributed by atoms with Crippen molar-refractivity contribution in [1.29, 1.82) is 0 Å². The number of carbonyl (C=O) groups is 3. The molecule has 0 aliphatic heterocycles. The zero-order valence-electron chi connectivity index (χ0n) is 28.3. The van der Waals surface area contributed by atoms with Crippen LogP contribution >= 0.6 is 0 Å². The number of benzene rings is 2. The number of nitrogens with one attached hydrogen (secondary N) is 4. The topological polar surface area (TPSA) is 155 Å². The summed E-state index contributed by atoms with van der Waals surface area (Å²) in [6.07, 6.45) is 3.14. The van der Waals surface area contributed by atoms with E-state index < -0.39 is 17.6 Å². The predicted octanol–water partition coefficient (Wildman–Crippen LogP) is 6.32. The quantitative estimate of drug-likeness (QED) is 0.147. The number of ketones is 1. The molecule has 0 saturated heterocycles. The molecular weight excluding hydrogens is 610 g/mol. The largest absolute Gasteiger partial charge is 0.481 e. The number of hydrogen-bond acceptors (Lipinski definition) is 7. The van der Waals surface area contributed by atoms with Crippen molar-refractivity contribution < 1.29 is 23.9 Å². The van der Waals surface area contributed by atoms with Crippen LogP contribution in [0.25, 0.3) is 22.0 Å². The van der Waals surface area contributed by atoms with Gasteiger partial charge in [0.25, 0.3) is 5.56 Å². The average molecular weight is 656 g/mol. The van der Waals surface area contributed by atoms with Gasteiger partial charge in [-0.3, -0.25) is 24.6 Å². The van der Waals surface area contributed by atoms with Gasteiger partial charge in [0.2, 0.25) is 11.8 Å².